The van der Waals surface area contributed by atoms with Crippen LogP contribution in [0.25, 0.3) is 66.1 Å². The Morgan fingerprint density at radius 3 is 1.12 bits per heavy atom. The zero-order valence-electron chi connectivity index (χ0n) is 29.6. The number of hydrogen-bond donors (Lipinski definition) is 0. The topological polar surface area (TPSA) is 51.6 Å². The van der Waals surface area contributed by atoms with Gasteiger partial charge in [-0.3, -0.25) is 9.97 Å². The summed E-state index contributed by atoms with van der Waals surface area (Å²) in [5.41, 5.74) is 13.3. The predicted molar refractivity (Wildman–Crippen MR) is 216 cm³/mol. The van der Waals surface area contributed by atoms with Crippen molar-refractivity contribution in [1.82, 2.24) is 19.9 Å². The van der Waals surface area contributed by atoms with Gasteiger partial charge in [-0.15, -0.1) is 0 Å². The number of aryl methyl sites for hydroxylation is 2. The van der Waals surface area contributed by atoms with Crippen molar-refractivity contribution in [2.24, 2.45) is 0 Å². The van der Waals surface area contributed by atoms with Crippen LogP contribution < -0.4 is 0 Å². The highest BCUT2D eigenvalue weighted by Crippen LogP contribution is 2.40. The number of benzene rings is 5. The lowest BCUT2D eigenvalue weighted by molar-refractivity contribution is 0.693. The summed E-state index contributed by atoms with van der Waals surface area (Å²) in [6.45, 7) is 6.60. The summed E-state index contributed by atoms with van der Waals surface area (Å²) in [4.78, 5) is 20.3. The molecule has 250 valence electrons. The Labute approximate surface area is 303 Å². The van der Waals surface area contributed by atoms with Crippen LogP contribution in [0.3, 0.4) is 0 Å². The molecule has 0 unspecified atom stereocenters. The van der Waals surface area contributed by atoms with Gasteiger partial charge in [0.05, 0.1) is 33.5 Å². The SMILES string of the molecule is CCc1ccc2ccc3ccc(-c4ccc(C(C)(c5ccccc5)c5ccc(-c6ccc7ccc8ccc(CC)nc8c7n6)cc5)cc4)nc3c2n1. The molecule has 0 aliphatic carbocycles. The van der Waals surface area contributed by atoms with E-state index in [1.165, 1.54) is 16.7 Å². The molecule has 0 N–H and O–H groups in total. The van der Waals surface area contributed by atoms with E-state index in [9.17, 15) is 0 Å². The van der Waals surface area contributed by atoms with Crippen LogP contribution in [0.5, 0.6) is 0 Å². The first kappa shape index (κ1) is 31.7. The minimum absolute atomic E-state index is 0.390. The molecule has 9 aromatic rings. The van der Waals surface area contributed by atoms with Gasteiger partial charge < -0.3 is 0 Å². The lowest BCUT2D eigenvalue weighted by Gasteiger charge is -2.32. The summed E-state index contributed by atoms with van der Waals surface area (Å²) in [5.74, 6) is 0. The van der Waals surface area contributed by atoms with E-state index in [2.05, 4.69) is 172 Å². The van der Waals surface area contributed by atoms with E-state index in [1.807, 2.05) is 0 Å². The number of rotatable bonds is 7. The molecule has 0 radical (unpaired) electrons. The van der Waals surface area contributed by atoms with Gasteiger partial charge in [0, 0.05) is 49.5 Å². The first-order chi connectivity index (χ1) is 25.5. The van der Waals surface area contributed by atoms with Crippen LogP contribution in [0, 0.1) is 0 Å². The second-order valence-electron chi connectivity index (χ2n) is 13.8. The largest absolute Gasteiger partial charge is 0.251 e. The highest BCUT2D eigenvalue weighted by molar-refractivity contribution is 6.04. The molecular weight excluding hydrogens is 633 g/mol. The van der Waals surface area contributed by atoms with E-state index in [4.69, 9.17) is 19.9 Å². The van der Waals surface area contributed by atoms with E-state index < -0.39 is 0 Å². The fourth-order valence-corrected chi connectivity index (χ4v) is 7.55. The van der Waals surface area contributed by atoms with Gasteiger partial charge in [-0.25, -0.2) is 9.97 Å². The van der Waals surface area contributed by atoms with E-state index >= 15 is 0 Å². The molecule has 9 rings (SSSR count). The van der Waals surface area contributed by atoms with Crippen molar-refractivity contribution in [3.8, 4) is 22.5 Å². The Bertz CT molecular complexity index is 2580. The maximum atomic E-state index is 5.17. The Hall–Kier alpha value is -6.26. The molecule has 0 amide bonds. The van der Waals surface area contributed by atoms with Gasteiger partial charge in [-0.2, -0.15) is 0 Å². The number of pyridine rings is 4. The molecule has 0 saturated heterocycles. The number of fused-ring (bicyclic) bond motifs is 6. The lowest BCUT2D eigenvalue weighted by Crippen LogP contribution is -2.25. The number of nitrogens with zero attached hydrogens (tertiary/aromatic N) is 4. The molecule has 0 atom stereocenters. The summed E-state index contributed by atoms with van der Waals surface area (Å²) in [7, 11) is 0. The molecule has 0 spiro atoms. The third-order valence-corrected chi connectivity index (χ3v) is 10.7. The van der Waals surface area contributed by atoms with Gasteiger partial charge in [0.2, 0.25) is 0 Å². The maximum absolute atomic E-state index is 5.17. The van der Waals surface area contributed by atoms with Crippen LogP contribution in [0.4, 0.5) is 0 Å². The number of aromatic nitrogens is 4. The van der Waals surface area contributed by atoms with Gasteiger partial charge >= 0.3 is 0 Å². The first-order valence-corrected chi connectivity index (χ1v) is 18.2. The Morgan fingerprint density at radius 2 is 0.712 bits per heavy atom. The Kier molecular flexibility index (Phi) is 7.81. The van der Waals surface area contributed by atoms with E-state index in [-0.39, 0.29) is 5.41 Å². The van der Waals surface area contributed by atoms with Crippen LogP contribution in [0.15, 0.2) is 152 Å². The van der Waals surface area contributed by atoms with E-state index in [1.54, 1.807) is 0 Å². The van der Waals surface area contributed by atoms with Crippen LogP contribution in [0.1, 0.15) is 48.8 Å². The number of hydrogen-bond acceptors (Lipinski definition) is 4. The molecule has 4 heterocycles. The third-order valence-electron chi connectivity index (χ3n) is 10.7. The predicted octanol–water partition coefficient (Wildman–Crippen LogP) is 11.7. The van der Waals surface area contributed by atoms with Crippen molar-refractivity contribution in [2.45, 2.75) is 39.0 Å². The quantitative estimate of drug-likeness (QED) is 0.125. The van der Waals surface area contributed by atoms with Crippen LogP contribution in [-0.4, -0.2) is 19.9 Å². The molecule has 0 aliphatic heterocycles. The average Bonchev–Trinajstić information content (AvgIpc) is 3.23. The minimum Gasteiger partial charge on any atom is -0.251 e. The summed E-state index contributed by atoms with van der Waals surface area (Å²) < 4.78 is 0. The molecule has 4 nitrogen and oxygen atoms in total. The summed E-state index contributed by atoms with van der Waals surface area (Å²) in [6.07, 6.45) is 1.79. The first-order valence-electron chi connectivity index (χ1n) is 18.2. The fraction of sp³-hybridized carbons (Fsp3) is 0.125. The van der Waals surface area contributed by atoms with Crippen LogP contribution in [0.2, 0.25) is 0 Å². The molecule has 5 aromatic carbocycles. The van der Waals surface area contributed by atoms with Gasteiger partial charge in [0.15, 0.2) is 0 Å². The molecule has 4 aromatic heterocycles. The lowest BCUT2D eigenvalue weighted by atomic mass is 9.71. The molecule has 0 bridgehead atoms. The summed E-state index contributed by atoms with van der Waals surface area (Å²) in [6, 6.07) is 54.2. The van der Waals surface area contributed by atoms with Crippen molar-refractivity contribution >= 4 is 43.6 Å². The highest BCUT2D eigenvalue weighted by Gasteiger charge is 2.31. The molecule has 52 heavy (non-hydrogen) atoms. The zero-order chi connectivity index (χ0) is 35.2. The Balaban J connectivity index is 1.09. The van der Waals surface area contributed by atoms with Gasteiger partial charge in [-0.1, -0.05) is 141 Å². The monoisotopic (exact) mass is 670 g/mol. The van der Waals surface area contributed by atoms with Crippen molar-refractivity contribution in [1.29, 1.82) is 0 Å². The molecule has 0 saturated carbocycles. The Morgan fingerprint density at radius 1 is 0.365 bits per heavy atom. The standard InChI is InChI=1S/C48H38N4/c1-4-40-27-19-33-11-13-35-21-29-42(51-46(35)44(33)49-40)31-15-23-38(24-16-31)48(3,37-9-7-6-8-10-37)39-25-17-32(18-26-39)43-30-22-36-14-12-34-20-28-41(5-2)50-45(34)47(36)52-43/h6-30H,4-5H2,1-3H3. The maximum Gasteiger partial charge on any atom is 0.0972 e. The van der Waals surface area contributed by atoms with Crippen LogP contribution >= 0.6 is 0 Å². The van der Waals surface area contributed by atoms with Gasteiger partial charge in [-0.05, 0) is 60.7 Å². The third kappa shape index (κ3) is 5.39. The van der Waals surface area contributed by atoms with Gasteiger partial charge in [0.1, 0.15) is 0 Å². The molecular formula is C48H38N4. The highest BCUT2D eigenvalue weighted by atomic mass is 14.8. The molecule has 0 aliphatic rings. The van der Waals surface area contributed by atoms with Crippen molar-refractivity contribution < 1.29 is 0 Å². The van der Waals surface area contributed by atoms with Crippen molar-refractivity contribution in [2.75, 3.05) is 0 Å². The second kappa shape index (κ2) is 12.8. The summed E-state index contributed by atoms with van der Waals surface area (Å²) >= 11 is 0. The summed E-state index contributed by atoms with van der Waals surface area (Å²) in [5, 5.41) is 4.43. The van der Waals surface area contributed by atoms with E-state index in [0.29, 0.717) is 0 Å². The van der Waals surface area contributed by atoms with Crippen molar-refractivity contribution in [3.63, 3.8) is 0 Å². The van der Waals surface area contributed by atoms with Gasteiger partial charge in [0.25, 0.3) is 0 Å². The minimum atomic E-state index is -0.390. The average molecular weight is 671 g/mol. The normalized spacial score (nSPS) is 11.9. The fourth-order valence-electron chi connectivity index (χ4n) is 7.55. The zero-order valence-corrected chi connectivity index (χ0v) is 29.6. The van der Waals surface area contributed by atoms with Crippen molar-refractivity contribution in [3.05, 3.63) is 180 Å². The van der Waals surface area contributed by atoms with Crippen LogP contribution in [-0.2, 0) is 18.3 Å². The van der Waals surface area contributed by atoms with E-state index in [0.717, 1.165) is 90.4 Å². The molecule has 0 fully saturated rings. The smallest absolute Gasteiger partial charge is 0.0972 e. The second-order valence-corrected chi connectivity index (χ2v) is 13.8. The molecule has 4 heteroatoms.